The molecule has 0 aliphatic carbocycles. The van der Waals surface area contributed by atoms with E-state index in [1.54, 1.807) is 24.3 Å². The summed E-state index contributed by atoms with van der Waals surface area (Å²) < 4.78 is 13.9. The zero-order chi connectivity index (χ0) is 13.4. The Balaban J connectivity index is 2.22. The van der Waals surface area contributed by atoms with Crippen molar-refractivity contribution in [2.24, 2.45) is 0 Å². The molecular weight excluding hydrogens is 285 g/mol. The lowest BCUT2D eigenvalue weighted by atomic mass is 10.1. The van der Waals surface area contributed by atoms with Crippen LogP contribution in [0.3, 0.4) is 0 Å². The van der Waals surface area contributed by atoms with Crippen molar-refractivity contribution in [3.05, 3.63) is 53.8 Å². The summed E-state index contributed by atoms with van der Waals surface area (Å²) in [6.45, 7) is 0. The number of thiazole rings is 1. The van der Waals surface area contributed by atoms with Gasteiger partial charge in [-0.1, -0.05) is 18.2 Å². The molecule has 0 bridgehead atoms. The van der Waals surface area contributed by atoms with Crippen LogP contribution in [0.4, 0.5) is 4.39 Å². The van der Waals surface area contributed by atoms with E-state index >= 15 is 0 Å². The van der Waals surface area contributed by atoms with Crippen LogP contribution in [0, 0.1) is 5.82 Å². The number of halogens is 2. The number of carbonyl (C=O) groups is 1. The van der Waals surface area contributed by atoms with Crippen LogP contribution in [0.25, 0.3) is 20.8 Å². The summed E-state index contributed by atoms with van der Waals surface area (Å²) in [4.78, 5) is 15.8. The van der Waals surface area contributed by atoms with Crippen LogP contribution in [-0.2, 0) is 0 Å². The summed E-state index contributed by atoms with van der Waals surface area (Å²) in [5.41, 5.74) is 1.78. The number of fused-ring (bicyclic) bond motifs is 1. The first-order valence-electron chi connectivity index (χ1n) is 5.50. The zero-order valence-corrected chi connectivity index (χ0v) is 11.1. The van der Waals surface area contributed by atoms with Crippen LogP contribution in [-0.4, -0.2) is 10.2 Å². The number of benzene rings is 2. The lowest BCUT2D eigenvalue weighted by Crippen LogP contribution is -1.92. The molecule has 0 spiro atoms. The molecule has 0 fully saturated rings. The van der Waals surface area contributed by atoms with E-state index in [1.165, 1.54) is 23.5 Å². The second-order valence-corrected chi connectivity index (χ2v) is 5.32. The third-order valence-electron chi connectivity index (χ3n) is 2.72. The summed E-state index contributed by atoms with van der Waals surface area (Å²) >= 11 is 6.89. The van der Waals surface area contributed by atoms with Gasteiger partial charge in [-0.15, -0.1) is 11.3 Å². The van der Waals surface area contributed by atoms with Crippen LogP contribution in [0.1, 0.15) is 10.4 Å². The monoisotopic (exact) mass is 291 g/mol. The van der Waals surface area contributed by atoms with E-state index in [1.807, 2.05) is 6.07 Å². The molecule has 3 rings (SSSR count). The van der Waals surface area contributed by atoms with Gasteiger partial charge in [0.25, 0.3) is 5.24 Å². The van der Waals surface area contributed by atoms with Gasteiger partial charge in [0.15, 0.2) is 0 Å². The molecule has 3 aromatic rings. The maximum absolute atomic E-state index is 13.2. The Labute approximate surface area is 117 Å². The first-order chi connectivity index (χ1) is 9.15. The van der Waals surface area contributed by atoms with Gasteiger partial charge in [-0.05, 0) is 35.9 Å². The maximum Gasteiger partial charge on any atom is 0.253 e. The van der Waals surface area contributed by atoms with Crippen molar-refractivity contribution in [1.82, 2.24) is 4.98 Å². The molecule has 0 atom stereocenters. The first kappa shape index (κ1) is 12.3. The first-order valence-corrected chi connectivity index (χ1v) is 6.70. The molecule has 0 amide bonds. The van der Waals surface area contributed by atoms with Gasteiger partial charge in [0.1, 0.15) is 10.8 Å². The summed E-state index contributed by atoms with van der Waals surface area (Å²) in [5.74, 6) is -0.301. The predicted octanol–water partition coefficient (Wildman–Crippen LogP) is 4.48. The van der Waals surface area contributed by atoms with Gasteiger partial charge in [-0.3, -0.25) is 4.79 Å². The molecule has 0 saturated carbocycles. The van der Waals surface area contributed by atoms with E-state index in [2.05, 4.69) is 4.98 Å². The molecule has 0 aliphatic heterocycles. The number of hydrogen-bond donors (Lipinski definition) is 0. The average molecular weight is 292 g/mol. The molecule has 5 heteroatoms. The van der Waals surface area contributed by atoms with E-state index in [9.17, 15) is 9.18 Å². The quantitative estimate of drug-likeness (QED) is 0.652. The van der Waals surface area contributed by atoms with Crippen molar-refractivity contribution >= 4 is 38.4 Å². The van der Waals surface area contributed by atoms with Gasteiger partial charge in [0.2, 0.25) is 0 Å². The minimum Gasteiger partial charge on any atom is -0.276 e. The Bertz CT molecular complexity index is 784. The molecule has 2 aromatic carbocycles. The Morgan fingerprint density at radius 3 is 2.79 bits per heavy atom. The van der Waals surface area contributed by atoms with Crippen LogP contribution in [0.15, 0.2) is 42.5 Å². The number of carbonyl (C=O) groups excluding carboxylic acids is 1. The molecule has 0 aliphatic rings. The van der Waals surface area contributed by atoms with Crippen LogP contribution >= 0.6 is 22.9 Å². The normalized spacial score (nSPS) is 10.8. The Hall–Kier alpha value is -1.78. The molecule has 0 N–H and O–H groups in total. The highest BCUT2D eigenvalue weighted by molar-refractivity contribution is 7.21. The fourth-order valence-corrected chi connectivity index (χ4v) is 3.05. The van der Waals surface area contributed by atoms with E-state index in [0.717, 1.165) is 4.70 Å². The van der Waals surface area contributed by atoms with Gasteiger partial charge in [-0.2, -0.15) is 0 Å². The van der Waals surface area contributed by atoms with Crippen molar-refractivity contribution in [3.8, 4) is 10.6 Å². The third kappa shape index (κ3) is 2.25. The highest BCUT2D eigenvalue weighted by Gasteiger charge is 2.14. The minimum absolute atomic E-state index is 0.301. The van der Waals surface area contributed by atoms with Crippen molar-refractivity contribution in [1.29, 1.82) is 0 Å². The molecule has 2 nitrogen and oxygen atoms in total. The zero-order valence-electron chi connectivity index (χ0n) is 9.56. The second-order valence-electron chi connectivity index (χ2n) is 3.95. The second kappa shape index (κ2) is 4.72. The van der Waals surface area contributed by atoms with Crippen molar-refractivity contribution < 1.29 is 9.18 Å². The van der Waals surface area contributed by atoms with Crippen LogP contribution in [0.5, 0.6) is 0 Å². The molecule has 19 heavy (non-hydrogen) atoms. The SMILES string of the molecule is O=C(Cl)c1ccccc1-c1nc2ccc(F)cc2s1. The molecular formula is C14H7ClFNOS. The molecule has 1 heterocycles. The number of aromatic nitrogens is 1. The molecule has 0 saturated heterocycles. The summed E-state index contributed by atoms with van der Waals surface area (Å²) in [5, 5.41) is 0.131. The smallest absolute Gasteiger partial charge is 0.253 e. The van der Waals surface area contributed by atoms with Gasteiger partial charge >= 0.3 is 0 Å². The summed E-state index contributed by atoms with van der Waals surface area (Å²) in [6, 6.07) is 11.4. The Morgan fingerprint density at radius 2 is 2.00 bits per heavy atom. The Morgan fingerprint density at radius 1 is 1.21 bits per heavy atom. The maximum atomic E-state index is 13.2. The van der Waals surface area contributed by atoms with Crippen LogP contribution < -0.4 is 0 Å². The third-order valence-corrected chi connectivity index (χ3v) is 3.97. The van der Waals surface area contributed by atoms with E-state index in [4.69, 9.17) is 11.6 Å². The highest BCUT2D eigenvalue weighted by Crippen LogP contribution is 2.32. The number of nitrogens with zero attached hydrogens (tertiary/aromatic N) is 1. The Kier molecular flexibility index (Phi) is 3.05. The van der Waals surface area contributed by atoms with E-state index in [0.29, 0.717) is 21.7 Å². The van der Waals surface area contributed by atoms with Gasteiger partial charge in [-0.25, -0.2) is 9.37 Å². The summed E-state index contributed by atoms with van der Waals surface area (Å²) in [7, 11) is 0. The lowest BCUT2D eigenvalue weighted by molar-refractivity contribution is 0.108. The van der Waals surface area contributed by atoms with E-state index < -0.39 is 5.24 Å². The number of hydrogen-bond acceptors (Lipinski definition) is 3. The van der Waals surface area contributed by atoms with Gasteiger partial charge in [0.05, 0.1) is 10.2 Å². The fourth-order valence-electron chi connectivity index (χ4n) is 1.85. The topological polar surface area (TPSA) is 30.0 Å². The van der Waals surface area contributed by atoms with Crippen LogP contribution in [0.2, 0.25) is 0 Å². The number of rotatable bonds is 2. The molecule has 0 unspecified atom stereocenters. The predicted molar refractivity (Wildman–Crippen MR) is 75.2 cm³/mol. The van der Waals surface area contributed by atoms with Gasteiger partial charge < -0.3 is 0 Å². The van der Waals surface area contributed by atoms with Crippen molar-refractivity contribution in [2.45, 2.75) is 0 Å². The summed E-state index contributed by atoms with van der Waals surface area (Å²) in [6.07, 6.45) is 0. The van der Waals surface area contributed by atoms with Crippen molar-refractivity contribution in [2.75, 3.05) is 0 Å². The van der Waals surface area contributed by atoms with Crippen molar-refractivity contribution in [3.63, 3.8) is 0 Å². The lowest BCUT2D eigenvalue weighted by Gasteiger charge is -2.01. The molecule has 0 radical (unpaired) electrons. The highest BCUT2D eigenvalue weighted by atomic mass is 35.5. The molecule has 94 valence electrons. The largest absolute Gasteiger partial charge is 0.276 e. The molecule has 1 aromatic heterocycles. The fraction of sp³-hybridized carbons (Fsp3) is 0. The average Bonchev–Trinajstić information content (AvgIpc) is 2.81. The minimum atomic E-state index is -0.527. The van der Waals surface area contributed by atoms with E-state index in [-0.39, 0.29) is 5.82 Å². The standard InChI is InChI=1S/C14H7ClFNOS/c15-13(18)9-3-1-2-4-10(9)14-17-11-6-5-8(16)7-12(11)19-14/h1-7H. The van der Waals surface area contributed by atoms with Gasteiger partial charge in [0, 0.05) is 11.1 Å².